The van der Waals surface area contributed by atoms with Gasteiger partial charge in [-0.1, -0.05) is 20.3 Å². The molecule has 0 aromatic carbocycles. The van der Waals surface area contributed by atoms with Crippen molar-refractivity contribution in [2.24, 2.45) is 5.41 Å². The van der Waals surface area contributed by atoms with Crippen molar-refractivity contribution < 1.29 is 28.5 Å². The summed E-state index contributed by atoms with van der Waals surface area (Å²) in [5.74, 6) is 0. The Hall–Kier alpha value is -1.54. The lowest BCUT2D eigenvalue weighted by atomic mass is 9.87. The predicted octanol–water partition coefficient (Wildman–Crippen LogP) is 1.45. The standard InChI is InChI=1S/C13H26N2O6/c1-5-6-13(2,7-20-11(16)14-9-18-3)8-21-12(17)15-10-19-4/h5-10H2,1-4H3,(H,14,16)(H,15,17). The van der Waals surface area contributed by atoms with Crippen LogP contribution in [0.15, 0.2) is 0 Å². The summed E-state index contributed by atoms with van der Waals surface area (Å²) in [6.07, 6.45) is 0.496. The number of alkyl carbamates (subject to hydrolysis) is 2. The maximum Gasteiger partial charge on any atom is 0.408 e. The molecule has 0 fully saturated rings. The lowest BCUT2D eigenvalue weighted by Gasteiger charge is -2.28. The predicted molar refractivity (Wildman–Crippen MR) is 75.7 cm³/mol. The molecule has 0 unspecified atom stereocenters. The van der Waals surface area contributed by atoms with Gasteiger partial charge in [-0.15, -0.1) is 0 Å². The third-order valence-corrected chi connectivity index (χ3v) is 2.68. The van der Waals surface area contributed by atoms with Crippen LogP contribution in [0.4, 0.5) is 9.59 Å². The Bertz CT molecular complexity index is 287. The average Bonchev–Trinajstić information content (AvgIpc) is 2.47. The second-order valence-electron chi connectivity index (χ2n) is 4.93. The smallest absolute Gasteiger partial charge is 0.408 e. The van der Waals surface area contributed by atoms with Crippen molar-refractivity contribution in [2.75, 3.05) is 40.9 Å². The fourth-order valence-corrected chi connectivity index (χ4v) is 1.63. The molecule has 0 aromatic rings. The number of carbonyl (C=O) groups excluding carboxylic acids is 2. The zero-order valence-electron chi connectivity index (χ0n) is 13.2. The second kappa shape index (κ2) is 11.2. The average molecular weight is 306 g/mol. The molecule has 0 atom stereocenters. The van der Waals surface area contributed by atoms with Gasteiger partial charge in [-0.05, 0) is 6.42 Å². The molecule has 0 heterocycles. The fraction of sp³-hybridized carbons (Fsp3) is 0.846. The molecule has 2 amide bonds. The first-order chi connectivity index (χ1) is 9.97. The van der Waals surface area contributed by atoms with E-state index >= 15 is 0 Å². The van der Waals surface area contributed by atoms with Crippen LogP contribution in [0.1, 0.15) is 26.7 Å². The van der Waals surface area contributed by atoms with Crippen molar-refractivity contribution >= 4 is 12.2 Å². The molecule has 124 valence electrons. The van der Waals surface area contributed by atoms with Gasteiger partial charge in [-0.2, -0.15) is 0 Å². The molecule has 21 heavy (non-hydrogen) atoms. The molecule has 0 aliphatic carbocycles. The molecule has 0 radical (unpaired) electrons. The van der Waals surface area contributed by atoms with Crippen LogP contribution in [0.3, 0.4) is 0 Å². The number of ether oxygens (including phenoxy) is 4. The Morgan fingerprint density at radius 2 is 1.38 bits per heavy atom. The van der Waals surface area contributed by atoms with Gasteiger partial charge in [-0.25, -0.2) is 9.59 Å². The van der Waals surface area contributed by atoms with E-state index in [1.165, 1.54) is 14.2 Å². The van der Waals surface area contributed by atoms with Crippen molar-refractivity contribution in [3.05, 3.63) is 0 Å². The maximum absolute atomic E-state index is 11.4. The molecule has 0 aliphatic heterocycles. The lowest BCUT2D eigenvalue weighted by Crippen LogP contribution is -2.36. The van der Waals surface area contributed by atoms with Gasteiger partial charge in [0.25, 0.3) is 0 Å². The molecule has 2 N–H and O–H groups in total. The minimum absolute atomic E-state index is 0.0826. The normalized spacial score (nSPS) is 10.9. The van der Waals surface area contributed by atoms with Gasteiger partial charge in [-0.3, -0.25) is 10.6 Å². The van der Waals surface area contributed by atoms with Crippen LogP contribution in [0.2, 0.25) is 0 Å². The third-order valence-electron chi connectivity index (χ3n) is 2.68. The van der Waals surface area contributed by atoms with Crippen molar-refractivity contribution in [2.45, 2.75) is 26.7 Å². The summed E-state index contributed by atoms with van der Waals surface area (Å²) < 4.78 is 19.6. The Kier molecular flexibility index (Phi) is 10.3. The van der Waals surface area contributed by atoms with E-state index in [0.29, 0.717) is 0 Å². The zero-order valence-corrected chi connectivity index (χ0v) is 13.2. The molecule has 0 aliphatic rings. The summed E-state index contributed by atoms with van der Waals surface area (Å²) in [5, 5.41) is 4.84. The fourth-order valence-electron chi connectivity index (χ4n) is 1.63. The molecule has 0 saturated heterocycles. The molecule has 8 heteroatoms. The first-order valence-corrected chi connectivity index (χ1v) is 6.76. The summed E-state index contributed by atoms with van der Waals surface area (Å²) in [4.78, 5) is 22.8. The van der Waals surface area contributed by atoms with Crippen LogP contribution in [0.5, 0.6) is 0 Å². The number of carbonyl (C=O) groups is 2. The van der Waals surface area contributed by atoms with Crippen molar-refractivity contribution in [3.63, 3.8) is 0 Å². The largest absolute Gasteiger partial charge is 0.449 e. The van der Waals surface area contributed by atoms with E-state index in [-0.39, 0.29) is 26.7 Å². The quantitative estimate of drug-likeness (QED) is 0.593. The Morgan fingerprint density at radius 3 is 1.71 bits per heavy atom. The van der Waals surface area contributed by atoms with Gasteiger partial charge in [0.2, 0.25) is 0 Å². The van der Waals surface area contributed by atoms with E-state index < -0.39 is 17.6 Å². The zero-order chi connectivity index (χ0) is 16.1. The minimum Gasteiger partial charge on any atom is -0.449 e. The highest BCUT2D eigenvalue weighted by atomic mass is 16.6. The van der Waals surface area contributed by atoms with Crippen molar-refractivity contribution in [3.8, 4) is 0 Å². The highest BCUT2D eigenvalue weighted by molar-refractivity contribution is 5.67. The van der Waals surface area contributed by atoms with E-state index in [2.05, 4.69) is 10.6 Å². The number of hydrogen-bond acceptors (Lipinski definition) is 6. The molecule has 8 nitrogen and oxygen atoms in total. The monoisotopic (exact) mass is 306 g/mol. The van der Waals surface area contributed by atoms with Crippen LogP contribution in [-0.4, -0.2) is 53.1 Å². The number of nitrogens with one attached hydrogen (secondary N) is 2. The van der Waals surface area contributed by atoms with Gasteiger partial charge in [0.1, 0.15) is 26.7 Å². The van der Waals surface area contributed by atoms with E-state index in [1.807, 2.05) is 13.8 Å². The van der Waals surface area contributed by atoms with Gasteiger partial charge in [0.05, 0.1) is 0 Å². The van der Waals surface area contributed by atoms with Crippen LogP contribution in [0, 0.1) is 5.41 Å². The highest BCUT2D eigenvalue weighted by Gasteiger charge is 2.27. The SMILES string of the molecule is CCCC(C)(COC(=O)NCOC)COC(=O)NCOC. The maximum atomic E-state index is 11.4. The number of methoxy groups -OCH3 is 2. The van der Waals surface area contributed by atoms with Gasteiger partial charge < -0.3 is 18.9 Å². The molecule has 0 rings (SSSR count). The summed E-state index contributed by atoms with van der Waals surface area (Å²) in [5.41, 5.74) is -0.441. The molecule has 0 bridgehead atoms. The third kappa shape index (κ3) is 9.91. The van der Waals surface area contributed by atoms with Crippen LogP contribution in [0.25, 0.3) is 0 Å². The van der Waals surface area contributed by atoms with E-state index in [9.17, 15) is 9.59 Å². The topological polar surface area (TPSA) is 95.1 Å². The van der Waals surface area contributed by atoms with E-state index in [4.69, 9.17) is 18.9 Å². The number of hydrogen-bond donors (Lipinski definition) is 2. The van der Waals surface area contributed by atoms with Crippen LogP contribution >= 0.6 is 0 Å². The Balaban J connectivity index is 4.21. The first kappa shape index (κ1) is 19.5. The minimum atomic E-state index is -0.567. The summed E-state index contributed by atoms with van der Waals surface area (Å²) in [6.45, 7) is 4.36. The van der Waals surface area contributed by atoms with Crippen molar-refractivity contribution in [1.29, 1.82) is 0 Å². The second-order valence-corrected chi connectivity index (χ2v) is 4.93. The van der Waals surface area contributed by atoms with E-state index in [1.54, 1.807) is 0 Å². The van der Waals surface area contributed by atoms with Gasteiger partial charge in [0.15, 0.2) is 0 Å². The molecular formula is C13H26N2O6. The Labute approximate surface area is 125 Å². The highest BCUT2D eigenvalue weighted by Crippen LogP contribution is 2.24. The number of rotatable bonds is 10. The molecule has 0 aromatic heterocycles. The lowest BCUT2D eigenvalue weighted by molar-refractivity contribution is 0.0255. The molecular weight excluding hydrogens is 280 g/mol. The van der Waals surface area contributed by atoms with Crippen molar-refractivity contribution in [1.82, 2.24) is 10.6 Å². The molecule has 0 saturated carbocycles. The van der Waals surface area contributed by atoms with Crippen LogP contribution in [-0.2, 0) is 18.9 Å². The Morgan fingerprint density at radius 1 is 0.952 bits per heavy atom. The number of amides is 2. The van der Waals surface area contributed by atoms with Gasteiger partial charge in [0, 0.05) is 19.6 Å². The summed E-state index contributed by atoms with van der Waals surface area (Å²) in [7, 11) is 2.93. The molecule has 0 spiro atoms. The summed E-state index contributed by atoms with van der Waals surface area (Å²) >= 11 is 0. The van der Waals surface area contributed by atoms with E-state index in [0.717, 1.165) is 12.8 Å². The van der Waals surface area contributed by atoms with Gasteiger partial charge >= 0.3 is 12.2 Å². The summed E-state index contributed by atoms with van der Waals surface area (Å²) in [6, 6.07) is 0. The van der Waals surface area contributed by atoms with Crippen LogP contribution < -0.4 is 10.6 Å². The first-order valence-electron chi connectivity index (χ1n) is 6.76.